The van der Waals surface area contributed by atoms with Crippen molar-refractivity contribution < 1.29 is 4.79 Å². The summed E-state index contributed by atoms with van der Waals surface area (Å²) >= 11 is 4.94. The Morgan fingerprint density at radius 3 is 2.69 bits per heavy atom. The topological polar surface area (TPSA) is 44.9 Å². The van der Waals surface area contributed by atoms with E-state index < -0.39 is 0 Å². The van der Waals surface area contributed by atoms with Crippen LogP contribution in [0.1, 0.15) is 32.1 Å². The zero-order chi connectivity index (χ0) is 11.4. The standard InChI is InChI=1S/C12H16N2OS/c15-12(9-4-2-1-3-5-9)14-10-6-7-11(16)13-8-10/h6-9H,1-5H2,(H,13,16)(H,14,15). The van der Waals surface area contributed by atoms with Gasteiger partial charge in [-0.1, -0.05) is 31.5 Å². The maximum atomic E-state index is 11.9. The van der Waals surface area contributed by atoms with Crippen molar-refractivity contribution >= 4 is 23.8 Å². The monoisotopic (exact) mass is 236 g/mol. The van der Waals surface area contributed by atoms with Gasteiger partial charge in [0.05, 0.1) is 5.69 Å². The molecule has 1 amide bonds. The molecule has 0 aliphatic heterocycles. The molecule has 0 saturated heterocycles. The molecule has 3 nitrogen and oxygen atoms in total. The summed E-state index contributed by atoms with van der Waals surface area (Å²) < 4.78 is 0.677. The van der Waals surface area contributed by atoms with Crippen LogP contribution in [-0.2, 0) is 4.79 Å². The third kappa shape index (κ3) is 2.92. The molecule has 2 rings (SSSR count). The molecule has 86 valence electrons. The van der Waals surface area contributed by atoms with E-state index in [0.717, 1.165) is 18.5 Å². The number of amides is 1. The molecule has 1 saturated carbocycles. The number of hydrogen-bond donors (Lipinski definition) is 2. The quantitative estimate of drug-likeness (QED) is 0.774. The van der Waals surface area contributed by atoms with E-state index in [2.05, 4.69) is 10.3 Å². The summed E-state index contributed by atoms with van der Waals surface area (Å²) in [7, 11) is 0. The molecule has 1 heterocycles. The summed E-state index contributed by atoms with van der Waals surface area (Å²) in [6.07, 6.45) is 7.40. The number of aromatic nitrogens is 1. The molecule has 0 radical (unpaired) electrons. The average molecular weight is 236 g/mol. The van der Waals surface area contributed by atoms with Gasteiger partial charge in [-0.2, -0.15) is 0 Å². The number of nitrogens with one attached hydrogen (secondary N) is 2. The molecule has 1 aromatic heterocycles. The number of hydrogen-bond acceptors (Lipinski definition) is 2. The van der Waals surface area contributed by atoms with E-state index in [1.54, 1.807) is 12.3 Å². The van der Waals surface area contributed by atoms with Crippen LogP contribution in [-0.4, -0.2) is 10.9 Å². The first kappa shape index (κ1) is 11.3. The summed E-state index contributed by atoms with van der Waals surface area (Å²) in [6.45, 7) is 0. The third-order valence-electron chi connectivity index (χ3n) is 3.03. The highest BCUT2D eigenvalue weighted by atomic mass is 32.1. The lowest BCUT2D eigenvalue weighted by atomic mass is 9.88. The molecule has 1 aliphatic rings. The van der Waals surface area contributed by atoms with E-state index in [-0.39, 0.29) is 11.8 Å². The lowest BCUT2D eigenvalue weighted by Gasteiger charge is -2.20. The molecule has 1 aliphatic carbocycles. The fourth-order valence-electron chi connectivity index (χ4n) is 2.10. The van der Waals surface area contributed by atoms with E-state index in [1.165, 1.54) is 19.3 Å². The van der Waals surface area contributed by atoms with Crippen molar-refractivity contribution in [3.63, 3.8) is 0 Å². The van der Waals surface area contributed by atoms with E-state index in [1.807, 2.05) is 6.07 Å². The van der Waals surface area contributed by atoms with E-state index in [4.69, 9.17) is 12.2 Å². The highest BCUT2D eigenvalue weighted by molar-refractivity contribution is 7.71. The van der Waals surface area contributed by atoms with Crippen LogP contribution in [0, 0.1) is 10.6 Å². The van der Waals surface area contributed by atoms with Gasteiger partial charge in [0.25, 0.3) is 0 Å². The zero-order valence-electron chi connectivity index (χ0n) is 9.16. The Morgan fingerprint density at radius 1 is 1.31 bits per heavy atom. The van der Waals surface area contributed by atoms with Crippen molar-refractivity contribution in [2.24, 2.45) is 5.92 Å². The van der Waals surface area contributed by atoms with Crippen LogP contribution >= 0.6 is 12.2 Å². The number of pyridine rings is 1. The van der Waals surface area contributed by atoms with Crippen molar-refractivity contribution in [1.29, 1.82) is 0 Å². The Balaban J connectivity index is 1.95. The van der Waals surface area contributed by atoms with Crippen LogP contribution in [0.25, 0.3) is 0 Å². The zero-order valence-corrected chi connectivity index (χ0v) is 9.98. The van der Waals surface area contributed by atoms with Gasteiger partial charge in [-0.25, -0.2) is 0 Å². The fraction of sp³-hybridized carbons (Fsp3) is 0.500. The molecular weight excluding hydrogens is 220 g/mol. The Labute approximate surface area is 100 Å². The van der Waals surface area contributed by atoms with Crippen molar-refractivity contribution in [3.05, 3.63) is 23.0 Å². The van der Waals surface area contributed by atoms with E-state index >= 15 is 0 Å². The van der Waals surface area contributed by atoms with Gasteiger partial charge in [0.1, 0.15) is 4.64 Å². The Bertz CT molecular complexity index is 401. The van der Waals surface area contributed by atoms with Crippen LogP contribution < -0.4 is 5.32 Å². The number of carbonyl (C=O) groups excluding carboxylic acids is 1. The van der Waals surface area contributed by atoms with Crippen LogP contribution in [0.3, 0.4) is 0 Å². The van der Waals surface area contributed by atoms with Gasteiger partial charge >= 0.3 is 0 Å². The molecule has 1 aromatic rings. The van der Waals surface area contributed by atoms with Crippen LogP contribution in [0.4, 0.5) is 5.69 Å². The van der Waals surface area contributed by atoms with Crippen LogP contribution in [0.15, 0.2) is 18.3 Å². The summed E-state index contributed by atoms with van der Waals surface area (Å²) in [5, 5.41) is 2.92. The van der Waals surface area contributed by atoms with Gasteiger partial charge in [-0.15, -0.1) is 0 Å². The normalized spacial score (nSPS) is 17.0. The molecule has 0 spiro atoms. The van der Waals surface area contributed by atoms with E-state index in [9.17, 15) is 4.79 Å². The number of carbonyl (C=O) groups is 1. The molecule has 0 unspecified atom stereocenters. The Kier molecular flexibility index (Phi) is 3.72. The predicted octanol–water partition coefficient (Wildman–Crippen LogP) is 3.26. The molecule has 0 bridgehead atoms. The maximum Gasteiger partial charge on any atom is 0.227 e. The number of rotatable bonds is 2. The van der Waals surface area contributed by atoms with Gasteiger partial charge < -0.3 is 10.3 Å². The Hall–Kier alpha value is -1.16. The van der Waals surface area contributed by atoms with Gasteiger partial charge in [0.15, 0.2) is 0 Å². The maximum absolute atomic E-state index is 11.9. The van der Waals surface area contributed by atoms with Crippen molar-refractivity contribution in [1.82, 2.24) is 4.98 Å². The highest BCUT2D eigenvalue weighted by Gasteiger charge is 2.20. The minimum absolute atomic E-state index is 0.144. The minimum atomic E-state index is 0.144. The summed E-state index contributed by atoms with van der Waals surface area (Å²) in [6, 6.07) is 3.62. The third-order valence-corrected chi connectivity index (χ3v) is 3.28. The first-order valence-corrected chi connectivity index (χ1v) is 6.16. The molecule has 16 heavy (non-hydrogen) atoms. The first-order valence-electron chi connectivity index (χ1n) is 5.75. The Morgan fingerprint density at radius 2 is 2.06 bits per heavy atom. The minimum Gasteiger partial charge on any atom is -0.351 e. The number of H-pyrrole nitrogens is 1. The largest absolute Gasteiger partial charge is 0.351 e. The molecule has 0 atom stereocenters. The number of anilines is 1. The second kappa shape index (κ2) is 5.25. The highest BCUT2D eigenvalue weighted by Crippen LogP contribution is 2.24. The van der Waals surface area contributed by atoms with Gasteiger partial charge in [-0.3, -0.25) is 4.79 Å². The van der Waals surface area contributed by atoms with Crippen LogP contribution in [0.2, 0.25) is 0 Å². The van der Waals surface area contributed by atoms with Gasteiger partial charge in [0, 0.05) is 12.1 Å². The van der Waals surface area contributed by atoms with Gasteiger partial charge in [0.2, 0.25) is 5.91 Å². The van der Waals surface area contributed by atoms with Crippen LogP contribution in [0.5, 0.6) is 0 Å². The van der Waals surface area contributed by atoms with Crippen molar-refractivity contribution in [2.75, 3.05) is 5.32 Å². The lowest BCUT2D eigenvalue weighted by Crippen LogP contribution is -2.24. The smallest absolute Gasteiger partial charge is 0.227 e. The van der Waals surface area contributed by atoms with Crippen molar-refractivity contribution in [2.45, 2.75) is 32.1 Å². The van der Waals surface area contributed by atoms with Gasteiger partial charge in [-0.05, 0) is 25.0 Å². The molecular formula is C12H16N2OS. The second-order valence-electron chi connectivity index (χ2n) is 4.27. The summed E-state index contributed by atoms with van der Waals surface area (Å²) in [5.74, 6) is 0.335. The summed E-state index contributed by atoms with van der Waals surface area (Å²) in [4.78, 5) is 14.8. The molecule has 0 aromatic carbocycles. The molecule has 1 fully saturated rings. The van der Waals surface area contributed by atoms with E-state index in [0.29, 0.717) is 4.64 Å². The first-order chi connectivity index (χ1) is 7.75. The average Bonchev–Trinajstić information content (AvgIpc) is 2.33. The lowest BCUT2D eigenvalue weighted by molar-refractivity contribution is -0.120. The predicted molar refractivity (Wildman–Crippen MR) is 66.8 cm³/mol. The number of aromatic amines is 1. The molecule has 4 heteroatoms. The SMILES string of the molecule is O=C(Nc1ccc(=S)[nH]c1)C1CCCCC1. The molecule has 2 N–H and O–H groups in total. The summed E-state index contributed by atoms with van der Waals surface area (Å²) in [5.41, 5.74) is 0.796. The van der Waals surface area contributed by atoms with Crippen molar-refractivity contribution in [3.8, 4) is 0 Å². The second-order valence-corrected chi connectivity index (χ2v) is 4.71. The fourth-order valence-corrected chi connectivity index (χ4v) is 2.22.